The van der Waals surface area contributed by atoms with Crippen molar-refractivity contribution in [3.05, 3.63) is 38.5 Å². The molecule has 0 fully saturated rings. The van der Waals surface area contributed by atoms with Gasteiger partial charge in [0.15, 0.2) is 11.5 Å². The van der Waals surface area contributed by atoms with Gasteiger partial charge in [0.1, 0.15) is 17.3 Å². The minimum Gasteiger partial charge on any atom is -0.496 e. The molecule has 0 saturated carbocycles. The Balaban J connectivity index is 2.26. The number of hydrogen-bond donors (Lipinski definition) is 3. The molecule has 0 unspecified atom stereocenters. The van der Waals surface area contributed by atoms with E-state index in [1.807, 2.05) is 13.8 Å². The van der Waals surface area contributed by atoms with Crippen molar-refractivity contribution >= 4 is 17.4 Å². The van der Waals surface area contributed by atoms with Gasteiger partial charge in [0.05, 0.1) is 27.9 Å². The zero-order valence-corrected chi connectivity index (χ0v) is 20.5. The number of benzene rings is 1. The highest BCUT2D eigenvalue weighted by Crippen LogP contribution is 2.34. The van der Waals surface area contributed by atoms with Gasteiger partial charge < -0.3 is 30.2 Å². The van der Waals surface area contributed by atoms with Crippen molar-refractivity contribution in [2.45, 2.75) is 46.2 Å². The molecule has 2 aromatic rings. The van der Waals surface area contributed by atoms with Crippen LogP contribution in [0.3, 0.4) is 0 Å². The summed E-state index contributed by atoms with van der Waals surface area (Å²) in [6.45, 7) is 4.78. The molecule has 1 heterocycles. The van der Waals surface area contributed by atoms with Crippen LogP contribution >= 0.6 is 0 Å². The van der Waals surface area contributed by atoms with Gasteiger partial charge in [-0.1, -0.05) is 20.3 Å². The number of aromatic nitrogens is 2. The number of aromatic amines is 1. The molecule has 188 valence electrons. The third kappa shape index (κ3) is 6.24. The van der Waals surface area contributed by atoms with E-state index in [0.717, 1.165) is 12.8 Å². The molecular formula is C23H35N5O6. The number of hydrogen-bond acceptors (Lipinski definition) is 8. The quantitative estimate of drug-likeness (QED) is 0.394. The zero-order chi connectivity index (χ0) is 25.3. The summed E-state index contributed by atoms with van der Waals surface area (Å²) >= 11 is 0. The number of anilines is 2. The van der Waals surface area contributed by atoms with Crippen LogP contribution in [0.1, 0.15) is 38.7 Å². The SMILES string of the molecule is CCCCn1c(N)c(N(CCC)CC(=O)NCc2cc(OC)c(OC)cc2OC)c(=O)[nH]c1=O. The molecule has 11 heteroatoms. The number of nitrogen functional groups attached to an aromatic ring is 1. The fourth-order valence-electron chi connectivity index (χ4n) is 3.61. The number of amides is 1. The van der Waals surface area contributed by atoms with Gasteiger partial charge in [-0.2, -0.15) is 0 Å². The Kier molecular flexibility index (Phi) is 9.84. The molecule has 2 rings (SSSR count). The summed E-state index contributed by atoms with van der Waals surface area (Å²) in [4.78, 5) is 41.6. The largest absolute Gasteiger partial charge is 0.496 e. The molecule has 0 saturated heterocycles. The molecule has 0 radical (unpaired) electrons. The Morgan fingerprint density at radius 1 is 1.06 bits per heavy atom. The van der Waals surface area contributed by atoms with Crippen molar-refractivity contribution in [3.8, 4) is 17.2 Å². The summed E-state index contributed by atoms with van der Waals surface area (Å²) in [7, 11) is 4.58. The maximum absolute atomic E-state index is 12.8. The lowest BCUT2D eigenvalue weighted by Gasteiger charge is -2.25. The second kappa shape index (κ2) is 12.6. The van der Waals surface area contributed by atoms with E-state index in [0.29, 0.717) is 42.3 Å². The Hall–Kier alpha value is -3.63. The van der Waals surface area contributed by atoms with E-state index in [1.54, 1.807) is 17.0 Å². The molecule has 1 aromatic heterocycles. The van der Waals surface area contributed by atoms with Crippen LogP contribution in [0.4, 0.5) is 11.5 Å². The number of nitrogens with one attached hydrogen (secondary N) is 2. The molecule has 34 heavy (non-hydrogen) atoms. The molecule has 0 aliphatic heterocycles. The Morgan fingerprint density at radius 2 is 1.71 bits per heavy atom. The number of carbonyl (C=O) groups is 1. The van der Waals surface area contributed by atoms with E-state index in [1.165, 1.54) is 25.9 Å². The van der Waals surface area contributed by atoms with Crippen molar-refractivity contribution < 1.29 is 19.0 Å². The molecule has 0 aliphatic rings. The van der Waals surface area contributed by atoms with Crippen molar-refractivity contribution in [1.29, 1.82) is 0 Å². The van der Waals surface area contributed by atoms with E-state index < -0.39 is 11.2 Å². The first-order valence-corrected chi connectivity index (χ1v) is 11.2. The number of carbonyl (C=O) groups excluding carboxylic acids is 1. The van der Waals surface area contributed by atoms with Gasteiger partial charge in [0.2, 0.25) is 5.91 Å². The second-order valence-electron chi connectivity index (χ2n) is 7.72. The number of rotatable bonds is 13. The van der Waals surface area contributed by atoms with Crippen LogP contribution in [0.15, 0.2) is 21.7 Å². The summed E-state index contributed by atoms with van der Waals surface area (Å²) in [6, 6.07) is 3.41. The lowest BCUT2D eigenvalue weighted by Crippen LogP contribution is -2.43. The van der Waals surface area contributed by atoms with Crippen molar-refractivity contribution in [2.75, 3.05) is 45.1 Å². The molecule has 1 aromatic carbocycles. The Morgan fingerprint density at radius 3 is 2.29 bits per heavy atom. The van der Waals surface area contributed by atoms with Gasteiger partial charge >= 0.3 is 5.69 Å². The van der Waals surface area contributed by atoms with Gasteiger partial charge in [0.25, 0.3) is 5.56 Å². The number of methoxy groups -OCH3 is 3. The fraction of sp³-hybridized carbons (Fsp3) is 0.522. The summed E-state index contributed by atoms with van der Waals surface area (Å²) in [6.07, 6.45) is 2.27. The number of unbranched alkanes of at least 4 members (excludes halogenated alkanes) is 1. The molecule has 1 amide bonds. The van der Waals surface area contributed by atoms with Gasteiger partial charge in [-0.05, 0) is 18.9 Å². The van der Waals surface area contributed by atoms with Crippen LogP contribution in [0.5, 0.6) is 17.2 Å². The molecule has 0 bridgehead atoms. The van der Waals surface area contributed by atoms with Gasteiger partial charge in [-0.3, -0.25) is 19.1 Å². The van der Waals surface area contributed by atoms with Crippen LogP contribution in [-0.2, 0) is 17.9 Å². The molecule has 0 atom stereocenters. The van der Waals surface area contributed by atoms with Gasteiger partial charge in [-0.15, -0.1) is 0 Å². The first-order chi connectivity index (χ1) is 16.3. The van der Waals surface area contributed by atoms with E-state index >= 15 is 0 Å². The lowest BCUT2D eigenvalue weighted by atomic mass is 10.1. The van der Waals surface area contributed by atoms with Crippen LogP contribution in [0, 0.1) is 0 Å². The van der Waals surface area contributed by atoms with E-state index in [4.69, 9.17) is 19.9 Å². The fourth-order valence-corrected chi connectivity index (χ4v) is 3.61. The lowest BCUT2D eigenvalue weighted by molar-refractivity contribution is -0.119. The Labute approximate surface area is 198 Å². The highest BCUT2D eigenvalue weighted by atomic mass is 16.5. The normalized spacial score (nSPS) is 10.6. The number of nitrogens with zero attached hydrogens (tertiary/aromatic N) is 2. The first-order valence-electron chi connectivity index (χ1n) is 11.2. The van der Waals surface area contributed by atoms with Crippen molar-refractivity contribution in [2.24, 2.45) is 0 Å². The van der Waals surface area contributed by atoms with Crippen molar-refractivity contribution in [3.63, 3.8) is 0 Å². The van der Waals surface area contributed by atoms with Gasteiger partial charge in [0, 0.05) is 31.3 Å². The summed E-state index contributed by atoms with van der Waals surface area (Å²) < 4.78 is 17.4. The highest BCUT2D eigenvalue weighted by Gasteiger charge is 2.21. The standard InChI is InChI=1S/C23H35N5O6/c1-6-8-10-28-21(24)20(22(30)26-23(28)31)27(9-7-2)14-19(29)25-13-15-11-17(33-4)18(34-5)12-16(15)32-3/h11-12H,6-10,13-14,24H2,1-5H3,(H,25,29)(H,26,30,31). The Bertz CT molecular complexity index is 1090. The predicted octanol–water partition coefficient (Wildman–Crippen LogP) is 1.48. The van der Waals surface area contributed by atoms with E-state index in [-0.39, 0.29) is 30.5 Å². The average molecular weight is 478 g/mol. The maximum Gasteiger partial charge on any atom is 0.330 e. The predicted molar refractivity (Wildman–Crippen MR) is 131 cm³/mol. The molecule has 0 aliphatic carbocycles. The minimum atomic E-state index is -0.613. The average Bonchev–Trinajstić information content (AvgIpc) is 2.81. The van der Waals surface area contributed by atoms with Gasteiger partial charge in [-0.25, -0.2) is 4.79 Å². The maximum atomic E-state index is 12.8. The van der Waals surface area contributed by atoms with Crippen LogP contribution in [0.2, 0.25) is 0 Å². The summed E-state index contributed by atoms with van der Waals surface area (Å²) in [5.41, 5.74) is 5.87. The molecular weight excluding hydrogens is 442 g/mol. The monoisotopic (exact) mass is 477 g/mol. The third-order valence-electron chi connectivity index (χ3n) is 5.36. The van der Waals surface area contributed by atoms with Crippen LogP contribution in [-0.4, -0.2) is 49.9 Å². The van der Waals surface area contributed by atoms with Crippen molar-refractivity contribution in [1.82, 2.24) is 14.9 Å². The van der Waals surface area contributed by atoms with E-state index in [9.17, 15) is 14.4 Å². The van der Waals surface area contributed by atoms with Crippen LogP contribution < -0.4 is 41.4 Å². The number of H-pyrrole nitrogens is 1. The smallest absolute Gasteiger partial charge is 0.330 e. The third-order valence-corrected chi connectivity index (χ3v) is 5.36. The molecule has 11 nitrogen and oxygen atoms in total. The summed E-state index contributed by atoms with van der Waals surface area (Å²) in [5, 5.41) is 2.84. The molecule has 4 N–H and O–H groups in total. The number of nitrogens with two attached hydrogens (primary N) is 1. The highest BCUT2D eigenvalue weighted by molar-refractivity contribution is 5.82. The minimum absolute atomic E-state index is 0.0602. The second-order valence-corrected chi connectivity index (χ2v) is 7.72. The first kappa shape index (κ1) is 26.6. The summed E-state index contributed by atoms with van der Waals surface area (Å²) in [5.74, 6) is 1.29. The topological polar surface area (TPSA) is 141 Å². The molecule has 0 spiro atoms. The van der Waals surface area contributed by atoms with E-state index in [2.05, 4.69) is 10.3 Å². The van der Waals surface area contributed by atoms with Crippen LogP contribution in [0.25, 0.3) is 0 Å². The number of ether oxygens (including phenoxy) is 3. The zero-order valence-electron chi connectivity index (χ0n) is 20.5.